The van der Waals surface area contributed by atoms with Gasteiger partial charge in [0.15, 0.2) is 20.9 Å². The van der Waals surface area contributed by atoms with Crippen LogP contribution in [-0.4, -0.2) is 32.1 Å². The quantitative estimate of drug-likeness (QED) is 0.564. The molecule has 2 bridgehead atoms. The van der Waals surface area contributed by atoms with Gasteiger partial charge in [-0.15, -0.1) is 6.58 Å². The van der Waals surface area contributed by atoms with Crippen molar-refractivity contribution in [3.63, 3.8) is 0 Å². The summed E-state index contributed by atoms with van der Waals surface area (Å²) in [4.78, 5) is 0. The number of allylic oxidation sites excluding steroid dienone is 1. The molecule has 1 saturated carbocycles. The number of rotatable bonds is 4. The Hall–Kier alpha value is -1.13. The lowest BCUT2D eigenvalue weighted by Crippen LogP contribution is -2.60. The summed E-state index contributed by atoms with van der Waals surface area (Å²) >= 11 is 0. The van der Waals surface area contributed by atoms with Gasteiger partial charge in [-0.3, -0.25) is 0 Å². The number of hydrogen-bond donors (Lipinski definition) is 0. The molecule has 4 rings (SSSR count). The second-order valence-corrected chi connectivity index (χ2v) is 13.7. The van der Waals surface area contributed by atoms with Crippen LogP contribution in [0, 0.1) is 28.6 Å². The zero-order valence-electron chi connectivity index (χ0n) is 15.7. The van der Waals surface area contributed by atoms with Gasteiger partial charge in [0.2, 0.25) is 0 Å². The first-order valence-electron chi connectivity index (χ1n) is 8.98. The average Bonchev–Trinajstić information content (AvgIpc) is 3.01. The molecule has 0 aromatic carbocycles. The Morgan fingerprint density at radius 1 is 1.44 bits per heavy atom. The molecule has 3 fully saturated rings. The van der Waals surface area contributed by atoms with Gasteiger partial charge < -0.3 is 18.6 Å². The van der Waals surface area contributed by atoms with Crippen molar-refractivity contribution in [2.75, 3.05) is 6.79 Å². The van der Waals surface area contributed by atoms with Crippen LogP contribution in [0.4, 0.5) is 0 Å². The normalized spacial score (nSPS) is 46.2. The van der Waals surface area contributed by atoms with Crippen LogP contribution in [0.15, 0.2) is 24.5 Å². The Balaban J connectivity index is 2.03. The van der Waals surface area contributed by atoms with E-state index in [2.05, 4.69) is 46.1 Å². The lowest BCUT2D eigenvalue weighted by atomic mass is 9.60. The first kappa shape index (κ1) is 17.3. The highest BCUT2D eigenvalue weighted by molar-refractivity contribution is 6.69. The largest absolute Gasteiger partial charge is 0.469 e. The molecule has 4 aliphatic rings. The summed E-state index contributed by atoms with van der Waals surface area (Å²) in [6.07, 6.45) is 5.26. The molecule has 0 radical (unpaired) electrons. The van der Waals surface area contributed by atoms with Gasteiger partial charge in [-0.2, -0.15) is 5.26 Å². The van der Waals surface area contributed by atoms with Crippen LogP contribution in [0.3, 0.4) is 0 Å². The number of ether oxygens (including phenoxy) is 3. The van der Waals surface area contributed by atoms with Crippen molar-refractivity contribution in [2.45, 2.75) is 63.3 Å². The molecule has 6 heteroatoms. The van der Waals surface area contributed by atoms with E-state index in [1.54, 1.807) is 0 Å². The van der Waals surface area contributed by atoms with Crippen molar-refractivity contribution in [3.05, 3.63) is 24.5 Å². The fourth-order valence-corrected chi connectivity index (χ4v) is 7.03. The SMILES string of the molecule is C=CC[C@@]12[C@@H]3C[C@]4(OCOC4=C[C@@]1(O[Si](C)(C)C)OC3(C)C)[C@@H]2C#N. The zero-order chi connectivity index (χ0) is 18.3. The maximum absolute atomic E-state index is 10.2. The monoisotopic (exact) mass is 361 g/mol. The van der Waals surface area contributed by atoms with E-state index in [-0.39, 0.29) is 18.6 Å². The second kappa shape index (κ2) is 4.77. The molecule has 136 valence electrons. The van der Waals surface area contributed by atoms with E-state index in [1.807, 2.05) is 12.2 Å². The molecule has 0 aromatic heterocycles. The number of hydrogen-bond acceptors (Lipinski definition) is 5. The highest BCUT2D eigenvalue weighted by atomic mass is 28.4. The summed E-state index contributed by atoms with van der Waals surface area (Å²) < 4.78 is 25.3. The van der Waals surface area contributed by atoms with Crippen molar-refractivity contribution >= 4 is 8.32 Å². The molecule has 0 aromatic rings. The molecule has 2 heterocycles. The van der Waals surface area contributed by atoms with E-state index in [1.165, 1.54) is 0 Å². The van der Waals surface area contributed by atoms with Gasteiger partial charge in [0.05, 0.1) is 23.0 Å². The molecular formula is C19H27NO4Si. The van der Waals surface area contributed by atoms with Crippen LogP contribution in [-0.2, 0) is 18.6 Å². The van der Waals surface area contributed by atoms with Gasteiger partial charge in [-0.1, -0.05) is 6.08 Å². The van der Waals surface area contributed by atoms with Crippen LogP contribution in [0.25, 0.3) is 0 Å². The number of nitrogens with zero attached hydrogens (tertiary/aromatic N) is 1. The third-order valence-corrected chi connectivity index (χ3v) is 7.27. The van der Waals surface area contributed by atoms with Gasteiger partial charge in [-0.05, 0) is 46.3 Å². The van der Waals surface area contributed by atoms with Crippen molar-refractivity contribution in [3.8, 4) is 6.07 Å². The summed E-state index contributed by atoms with van der Waals surface area (Å²) in [5, 5.41) is 10.2. The Labute approximate surface area is 150 Å². The Bertz CT molecular complexity index is 701. The Morgan fingerprint density at radius 3 is 2.76 bits per heavy atom. The molecule has 2 aliphatic heterocycles. The predicted octanol–water partition coefficient (Wildman–Crippen LogP) is 3.71. The highest BCUT2D eigenvalue weighted by Gasteiger charge is 2.83. The van der Waals surface area contributed by atoms with Gasteiger partial charge in [-0.25, -0.2) is 0 Å². The van der Waals surface area contributed by atoms with Gasteiger partial charge in [0.1, 0.15) is 11.4 Å². The summed E-state index contributed by atoms with van der Waals surface area (Å²) in [7, 11) is -1.99. The van der Waals surface area contributed by atoms with Crippen LogP contribution in [0.1, 0.15) is 26.7 Å². The lowest BCUT2D eigenvalue weighted by molar-refractivity contribution is -0.231. The predicted molar refractivity (Wildman–Crippen MR) is 94.6 cm³/mol. The van der Waals surface area contributed by atoms with E-state index < -0.39 is 30.7 Å². The molecule has 0 unspecified atom stereocenters. The van der Waals surface area contributed by atoms with Crippen LogP contribution in [0.5, 0.6) is 0 Å². The van der Waals surface area contributed by atoms with Gasteiger partial charge in [0.25, 0.3) is 0 Å². The molecule has 0 amide bonds. The molecule has 1 spiro atoms. The van der Waals surface area contributed by atoms with Crippen molar-refractivity contribution < 1.29 is 18.6 Å². The smallest absolute Gasteiger partial charge is 0.190 e. The second-order valence-electron chi connectivity index (χ2n) is 9.24. The Kier molecular flexibility index (Phi) is 3.30. The lowest BCUT2D eigenvalue weighted by Gasteiger charge is -2.50. The first-order valence-corrected chi connectivity index (χ1v) is 12.4. The topological polar surface area (TPSA) is 60.7 Å². The summed E-state index contributed by atoms with van der Waals surface area (Å²) in [5.74, 6) is -0.517. The molecule has 5 nitrogen and oxygen atoms in total. The summed E-state index contributed by atoms with van der Waals surface area (Å²) in [5.41, 5.74) is -1.60. The van der Waals surface area contributed by atoms with Crippen molar-refractivity contribution in [1.82, 2.24) is 0 Å². The van der Waals surface area contributed by atoms with E-state index in [0.717, 1.165) is 5.76 Å². The molecule has 5 atom stereocenters. The van der Waals surface area contributed by atoms with Crippen LogP contribution < -0.4 is 0 Å². The fourth-order valence-electron chi connectivity index (χ4n) is 5.83. The molecule has 0 N–H and O–H groups in total. The Morgan fingerprint density at radius 2 is 2.16 bits per heavy atom. The standard InChI is InChI=1S/C19H27NO4Si/c1-7-8-17-13-9-18(14(17)11-20)15(21-12-22-18)10-19(17,23-16(13,2)3)24-25(4,5)6/h7,10,13-14H,1,8-9,12H2,2-6H3/t13-,14-,17+,18+,19+/m1/s1. The number of nitriles is 1. The van der Waals surface area contributed by atoms with Gasteiger partial charge in [0, 0.05) is 12.0 Å². The van der Waals surface area contributed by atoms with E-state index in [4.69, 9.17) is 18.6 Å². The average molecular weight is 362 g/mol. The maximum Gasteiger partial charge on any atom is 0.190 e. The molecule has 2 aliphatic carbocycles. The molecular weight excluding hydrogens is 334 g/mol. The van der Waals surface area contributed by atoms with Crippen molar-refractivity contribution in [2.24, 2.45) is 17.3 Å². The summed E-state index contributed by atoms with van der Waals surface area (Å²) in [6, 6.07) is 2.56. The van der Waals surface area contributed by atoms with E-state index in [9.17, 15) is 5.26 Å². The van der Waals surface area contributed by atoms with Crippen LogP contribution >= 0.6 is 0 Å². The molecule has 2 saturated heterocycles. The fraction of sp³-hybridized carbons (Fsp3) is 0.737. The first-order chi connectivity index (χ1) is 11.6. The molecule has 25 heavy (non-hydrogen) atoms. The summed E-state index contributed by atoms with van der Waals surface area (Å²) in [6.45, 7) is 14.8. The third-order valence-electron chi connectivity index (χ3n) is 6.35. The third kappa shape index (κ3) is 1.88. The maximum atomic E-state index is 10.2. The van der Waals surface area contributed by atoms with E-state index in [0.29, 0.717) is 12.8 Å². The van der Waals surface area contributed by atoms with Gasteiger partial charge >= 0.3 is 0 Å². The minimum atomic E-state index is -1.99. The van der Waals surface area contributed by atoms with Crippen LogP contribution in [0.2, 0.25) is 19.6 Å². The zero-order valence-corrected chi connectivity index (χ0v) is 16.7. The minimum absolute atomic E-state index is 0.120. The minimum Gasteiger partial charge on any atom is -0.469 e. The highest BCUT2D eigenvalue weighted by Crippen LogP contribution is 2.75. The van der Waals surface area contributed by atoms with E-state index >= 15 is 0 Å². The van der Waals surface area contributed by atoms with Crippen molar-refractivity contribution in [1.29, 1.82) is 5.26 Å².